The minimum atomic E-state index is -0.935. The lowest BCUT2D eigenvalue weighted by Crippen LogP contribution is -2.37. The van der Waals surface area contributed by atoms with Crippen molar-refractivity contribution in [3.8, 4) is 0 Å². The average Bonchev–Trinajstić information content (AvgIpc) is 2.39. The minimum Gasteiger partial charge on any atom is -0.481 e. The zero-order valence-corrected chi connectivity index (χ0v) is 11.1. The van der Waals surface area contributed by atoms with Crippen LogP contribution in [0.4, 0.5) is 0 Å². The van der Waals surface area contributed by atoms with Crippen molar-refractivity contribution in [1.82, 2.24) is 10.6 Å². The first-order valence-electron chi connectivity index (χ1n) is 6.40. The Morgan fingerprint density at radius 2 is 1.95 bits per heavy atom. The van der Waals surface area contributed by atoms with Crippen LogP contribution in [0.5, 0.6) is 0 Å². The van der Waals surface area contributed by atoms with E-state index in [1.165, 1.54) is 0 Å². The Kier molecular flexibility index (Phi) is 6.60. The van der Waals surface area contributed by atoms with E-state index in [-0.39, 0.29) is 18.9 Å². The maximum atomic E-state index is 11.7. The summed E-state index contributed by atoms with van der Waals surface area (Å²) in [6.07, 6.45) is 0.827. The van der Waals surface area contributed by atoms with Gasteiger partial charge in [-0.05, 0) is 18.5 Å². The standard InChI is InChI=1S/C14H20N2O3/c1-2-8-15-10-13(17)16-12(9-14(18)19)11-6-4-3-5-7-11/h3-7,12,15H,2,8-10H2,1H3,(H,16,17)(H,18,19). The highest BCUT2D eigenvalue weighted by Gasteiger charge is 2.17. The lowest BCUT2D eigenvalue weighted by atomic mass is 10.0. The van der Waals surface area contributed by atoms with Crippen LogP contribution in [0, 0.1) is 0 Å². The van der Waals surface area contributed by atoms with Crippen LogP contribution < -0.4 is 10.6 Å². The molecule has 0 heterocycles. The fourth-order valence-corrected chi connectivity index (χ4v) is 1.74. The van der Waals surface area contributed by atoms with E-state index in [4.69, 9.17) is 5.11 Å². The highest BCUT2D eigenvalue weighted by molar-refractivity contribution is 5.79. The van der Waals surface area contributed by atoms with Gasteiger partial charge in [-0.1, -0.05) is 37.3 Å². The zero-order chi connectivity index (χ0) is 14.1. The van der Waals surface area contributed by atoms with Crippen molar-refractivity contribution in [2.24, 2.45) is 0 Å². The fourth-order valence-electron chi connectivity index (χ4n) is 1.74. The zero-order valence-electron chi connectivity index (χ0n) is 11.1. The molecule has 0 aliphatic carbocycles. The smallest absolute Gasteiger partial charge is 0.305 e. The summed E-state index contributed by atoms with van der Waals surface area (Å²) in [6, 6.07) is 8.64. The molecule has 0 spiro atoms. The predicted molar refractivity (Wildman–Crippen MR) is 72.7 cm³/mol. The Labute approximate surface area is 113 Å². The third kappa shape index (κ3) is 6.01. The second-order valence-corrected chi connectivity index (χ2v) is 4.31. The van der Waals surface area contributed by atoms with Crippen molar-refractivity contribution in [3.63, 3.8) is 0 Å². The lowest BCUT2D eigenvalue weighted by molar-refractivity contribution is -0.137. The molecule has 0 saturated carbocycles. The molecular formula is C14H20N2O3. The highest BCUT2D eigenvalue weighted by Crippen LogP contribution is 2.16. The molecule has 3 N–H and O–H groups in total. The fraction of sp³-hybridized carbons (Fsp3) is 0.429. The summed E-state index contributed by atoms with van der Waals surface area (Å²) >= 11 is 0. The van der Waals surface area contributed by atoms with Crippen molar-refractivity contribution in [1.29, 1.82) is 0 Å². The van der Waals surface area contributed by atoms with Gasteiger partial charge in [0, 0.05) is 0 Å². The molecule has 1 unspecified atom stereocenters. The SMILES string of the molecule is CCCNCC(=O)NC(CC(=O)O)c1ccccc1. The van der Waals surface area contributed by atoms with Crippen LogP contribution in [0.3, 0.4) is 0 Å². The second-order valence-electron chi connectivity index (χ2n) is 4.31. The maximum Gasteiger partial charge on any atom is 0.305 e. The first kappa shape index (κ1) is 15.2. The summed E-state index contributed by atoms with van der Waals surface area (Å²) in [6.45, 7) is 2.99. The molecule has 1 aromatic carbocycles. The summed E-state index contributed by atoms with van der Waals surface area (Å²) in [5.41, 5.74) is 0.800. The van der Waals surface area contributed by atoms with Crippen LogP contribution in [0.15, 0.2) is 30.3 Å². The molecule has 0 fully saturated rings. The monoisotopic (exact) mass is 264 g/mol. The third-order valence-corrected chi connectivity index (χ3v) is 2.63. The summed E-state index contributed by atoms with van der Waals surface area (Å²) in [5, 5.41) is 14.6. The number of aliphatic carboxylic acids is 1. The number of amides is 1. The van der Waals surface area contributed by atoms with E-state index in [9.17, 15) is 9.59 Å². The Balaban J connectivity index is 2.60. The summed E-state index contributed by atoms with van der Waals surface area (Å²) < 4.78 is 0. The number of carboxylic acids is 1. The van der Waals surface area contributed by atoms with Gasteiger partial charge >= 0.3 is 5.97 Å². The molecule has 0 radical (unpaired) electrons. The molecule has 0 aliphatic rings. The van der Waals surface area contributed by atoms with Gasteiger partial charge in [-0.15, -0.1) is 0 Å². The molecule has 19 heavy (non-hydrogen) atoms. The second kappa shape index (κ2) is 8.26. The average molecular weight is 264 g/mol. The Bertz CT molecular complexity index is 406. The quantitative estimate of drug-likeness (QED) is 0.619. The summed E-state index contributed by atoms with van der Waals surface area (Å²) in [4.78, 5) is 22.6. The van der Waals surface area contributed by atoms with Crippen molar-refractivity contribution in [3.05, 3.63) is 35.9 Å². The molecule has 1 rings (SSSR count). The van der Waals surface area contributed by atoms with Crippen LogP contribution in [0.1, 0.15) is 31.4 Å². The van der Waals surface area contributed by atoms with Gasteiger partial charge in [-0.2, -0.15) is 0 Å². The van der Waals surface area contributed by atoms with Crippen molar-refractivity contribution < 1.29 is 14.7 Å². The minimum absolute atomic E-state index is 0.121. The molecule has 1 aromatic rings. The highest BCUT2D eigenvalue weighted by atomic mass is 16.4. The summed E-state index contributed by atoms with van der Waals surface area (Å²) in [7, 11) is 0. The number of benzene rings is 1. The van der Waals surface area contributed by atoms with E-state index in [1.807, 2.05) is 37.3 Å². The van der Waals surface area contributed by atoms with Gasteiger partial charge in [-0.25, -0.2) is 0 Å². The van der Waals surface area contributed by atoms with Crippen molar-refractivity contribution >= 4 is 11.9 Å². The van der Waals surface area contributed by atoms with Gasteiger partial charge in [-0.3, -0.25) is 9.59 Å². The number of carbonyl (C=O) groups is 2. The molecular weight excluding hydrogens is 244 g/mol. The molecule has 0 saturated heterocycles. The van der Waals surface area contributed by atoms with Crippen LogP contribution in [-0.2, 0) is 9.59 Å². The number of rotatable bonds is 8. The largest absolute Gasteiger partial charge is 0.481 e. The van der Waals surface area contributed by atoms with E-state index in [1.54, 1.807) is 0 Å². The molecule has 0 aromatic heterocycles. The van der Waals surface area contributed by atoms with Gasteiger partial charge in [0.1, 0.15) is 0 Å². The number of carbonyl (C=O) groups excluding carboxylic acids is 1. The number of hydrogen-bond donors (Lipinski definition) is 3. The number of hydrogen-bond acceptors (Lipinski definition) is 3. The maximum absolute atomic E-state index is 11.7. The Morgan fingerprint density at radius 3 is 2.53 bits per heavy atom. The Hall–Kier alpha value is -1.88. The van der Waals surface area contributed by atoms with E-state index < -0.39 is 12.0 Å². The first-order valence-corrected chi connectivity index (χ1v) is 6.40. The number of carboxylic acid groups (broad SMARTS) is 1. The molecule has 104 valence electrons. The third-order valence-electron chi connectivity index (χ3n) is 2.63. The Morgan fingerprint density at radius 1 is 1.26 bits per heavy atom. The predicted octanol–water partition coefficient (Wildman–Crippen LogP) is 1.32. The molecule has 5 nitrogen and oxygen atoms in total. The molecule has 0 bridgehead atoms. The van der Waals surface area contributed by atoms with Crippen LogP contribution in [-0.4, -0.2) is 30.1 Å². The van der Waals surface area contributed by atoms with E-state index in [0.29, 0.717) is 0 Å². The molecule has 1 amide bonds. The van der Waals surface area contributed by atoms with Crippen LogP contribution in [0.25, 0.3) is 0 Å². The van der Waals surface area contributed by atoms with E-state index in [2.05, 4.69) is 10.6 Å². The van der Waals surface area contributed by atoms with Gasteiger partial charge in [0.05, 0.1) is 19.0 Å². The molecule has 5 heteroatoms. The first-order chi connectivity index (χ1) is 9.13. The molecule has 1 atom stereocenters. The van der Waals surface area contributed by atoms with E-state index >= 15 is 0 Å². The lowest BCUT2D eigenvalue weighted by Gasteiger charge is -2.17. The topological polar surface area (TPSA) is 78.4 Å². The van der Waals surface area contributed by atoms with Crippen molar-refractivity contribution in [2.75, 3.05) is 13.1 Å². The van der Waals surface area contributed by atoms with Crippen LogP contribution in [0.2, 0.25) is 0 Å². The van der Waals surface area contributed by atoms with E-state index in [0.717, 1.165) is 18.5 Å². The van der Waals surface area contributed by atoms with Gasteiger partial charge in [0.15, 0.2) is 0 Å². The van der Waals surface area contributed by atoms with Gasteiger partial charge < -0.3 is 15.7 Å². The number of nitrogens with one attached hydrogen (secondary N) is 2. The normalized spacial score (nSPS) is 11.8. The molecule has 0 aliphatic heterocycles. The van der Waals surface area contributed by atoms with Crippen LogP contribution >= 0.6 is 0 Å². The summed E-state index contributed by atoms with van der Waals surface area (Å²) in [5.74, 6) is -1.13. The van der Waals surface area contributed by atoms with Gasteiger partial charge in [0.25, 0.3) is 0 Å². The van der Waals surface area contributed by atoms with Crippen molar-refractivity contribution in [2.45, 2.75) is 25.8 Å². The van der Waals surface area contributed by atoms with Gasteiger partial charge in [0.2, 0.25) is 5.91 Å².